The SMILES string of the molecule is Nc1ncnc2c1cnn2[C@@H]1O[C@H](C=CP(=O)(O)O)[C@@H](O)[C@H]1O. The van der Waals surface area contributed by atoms with Gasteiger partial charge in [0.15, 0.2) is 11.9 Å². The molecule has 0 unspecified atom stereocenters. The van der Waals surface area contributed by atoms with E-state index in [1.54, 1.807) is 0 Å². The third-order valence-corrected chi connectivity index (χ3v) is 3.97. The second-order valence-corrected chi connectivity index (χ2v) is 6.46. The predicted molar refractivity (Wildman–Crippen MR) is 76.8 cm³/mol. The zero-order chi connectivity index (χ0) is 16.8. The summed E-state index contributed by atoms with van der Waals surface area (Å²) in [4.78, 5) is 25.5. The van der Waals surface area contributed by atoms with E-state index in [2.05, 4.69) is 15.1 Å². The normalized spacial score (nSPS) is 28.9. The quantitative estimate of drug-likeness (QED) is 0.422. The van der Waals surface area contributed by atoms with Crippen molar-refractivity contribution in [3.05, 3.63) is 24.4 Å². The van der Waals surface area contributed by atoms with Crippen LogP contribution in [0.1, 0.15) is 6.23 Å². The van der Waals surface area contributed by atoms with Crippen molar-refractivity contribution >= 4 is 24.4 Å². The molecule has 6 N–H and O–H groups in total. The van der Waals surface area contributed by atoms with E-state index in [0.717, 1.165) is 6.08 Å². The highest BCUT2D eigenvalue weighted by Gasteiger charge is 2.43. The number of nitrogens with two attached hydrogens (primary N) is 1. The van der Waals surface area contributed by atoms with E-state index < -0.39 is 32.1 Å². The van der Waals surface area contributed by atoms with Gasteiger partial charge >= 0.3 is 7.60 Å². The number of aromatic nitrogens is 4. The van der Waals surface area contributed by atoms with Crippen LogP contribution in [-0.4, -0.2) is 58.1 Å². The molecule has 3 heterocycles. The lowest BCUT2D eigenvalue weighted by atomic mass is 10.1. The molecule has 2 aromatic rings. The molecule has 0 saturated carbocycles. The molecular weight excluding hydrogens is 329 g/mol. The minimum absolute atomic E-state index is 0.201. The first-order chi connectivity index (χ1) is 10.8. The number of fused-ring (bicyclic) bond motifs is 1. The van der Waals surface area contributed by atoms with Crippen molar-refractivity contribution < 1.29 is 29.3 Å². The van der Waals surface area contributed by atoms with Gasteiger partial charge in [0.05, 0.1) is 11.6 Å². The topological polar surface area (TPSA) is 177 Å². The van der Waals surface area contributed by atoms with Crippen molar-refractivity contribution in [2.24, 2.45) is 0 Å². The van der Waals surface area contributed by atoms with Crippen LogP contribution in [-0.2, 0) is 9.30 Å². The summed E-state index contributed by atoms with van der Waals surface area (Å²) in [5.41, 5.74) is 6.00. The summed E-state index contributed by atoms with van der Waals surface area (Å²) >= 11 is 0. The fraction of sp³-hybridized carbons (Fsp3) is 0.364. The molecule has 0 spiro atoms. The van der Waals surface area contributed by atoms with Crippen LogP contribution >= 0.6 is 7.60 Å². The van der Waals surface area contributed by atoms with Crippen LogP contribution in [0.25, 0.3) is 11.0 Å². The number of anilines is 1. The molecule has 11 nitrogen and oxygen atoms in total. The van der Waals surface area contributed by atoms with Gasteiger partial charge in [-0.3, -0.25) is 4.57 Å². The smallest absolute Gasteiger partial charge is 0.348 e. The number of aliphatic hydroxyl groups excluding tert-OH is 2. The van der Waals surface area contributed by atoms with Gasteiger partial charge in [0, 0.05) is 5.82 Å². The van der Waals surface area contributed by atoms with Crippen LogP contribution in [0.5, 0.6) is 0 Å². The van der Waals surface area contributed by atoms with Crippen molar-refractivity contribution in [3.8, 4) is 0 Å². The number of hydrogen-bond acceptors (Lipinski definition) is 8. The Labute approximate surface area is 129 Å². The predicted octanol–water partition coefficient (Wildman–Crippen LogP) is -1.28. The van der Waals surface area contributed by atoms with Crippen LogP contribution < -0.4 is 5.73 Å². The molecule has 3 rings (SSSR count). The Balaban J connectivity index is 1.93. The Bertz CT molecular complexity index is 803. The van der Waals surface area contributed by atoms with Gasteiger partial charge in [0.2, 0.25) is 0 Å². The molecule has 0 bridgehead atoms. The maximum absolute atomic E-state index is 10.9. The summed E-state index contributed by atoms with van der Waals surface area (Å²) in [5, 5.41) is 24.6. The van der Waals surface area contributed by atoms with Crippen LogP contribution in [0.2, 0.25) is 0 Å². The molecule has 1 fully saturated rings. The van der Waals surface area contributed by atoms with E-state index in [9.17, 15) is 14.8 Å². The van der Waals surface area contributed by atoms with Crippen LogP contribution in [0.4, 0.5) is 5.82 Å². The number of aliphatic hydroxyl groups is 2. The molecule has 124 valence electrons. The summed E-state index contributed by atoms with van der Waals surface area (Å²) in [6.07, 6.45) is -1.35. The van der Waals surface area contributed by atoms with Crippen molar-refractivity contribution in [1.29, 1.82) is 0 Å². The number of nitrogen functional groups attached to an aromatic ring is 1. The Morgan fingerprint density at radius 2 is 2.04 bits per heavy atom. The Morgan fingerprint density at radius 3 is 2.74 bits per heavy atom. The van der Waals surface area contributed by atoms with Crippen molar-refractivity contribution in [2.45, 2.75) is 24.5 Å². The van der Waals surface area contributed by atoms with Gasteiger partial charge in [-0.15, -0.1) is 0 Å². The monoisotopic (exact) mass is 343 g/mol. The lowest BCUT2D eigenvalue weighted by molar-refractivity contribution is -0.0318. The third kappa shape index (κ3) is 2.98. The van der Waals surface area contributed by atoms with E-state index in [1.165, 1.54) is 17.2 Å². The Morgan fingerprint density at radius 1 is 1.30 bits per heavy atom. The van der Waals surface area contributed by atoms with Gasteiger partial charge in [-0.25, -0.2) is 14.6 Å². The Hall–Kier alpha value is -1.88. The molecule has 0 aliphatic carbocycles. The zero-order valence-electron chi connectivity index (χ0n) is 11.5. The minimum Gasteiger partial charge on any atom is -0.387 e. The maximum Gasteiger partial charge on any atom is 0.348 e. The molecular formula is C11H14N5O6P. The summed E-state index contributed by atoms with van der Waals surface area (Å²) in [7, 11) is -4.40. The van der Waals surface area contributed by atoms with Crippen molar-refractivity contribution in [1.82, 2.24) is 19.7 Å². The molecule has 0 aromatic carbocycles. The highest BCUT2D eigenvalue weighted by atomic mass is 31.2. The van der Waals surface area contributed by atoms with Crippen LogP contribution in [0, 0.1) is 0 Å². The molecule has 0 amide bonds. The minimum atomic E-state index is -4.40. The molecule has 1 aliphatic heterocycles. The van der Waals surface area contributed by atoms with E-state index in [4.69, 9.17) is 20.3 Å². The van der Waals surface area contributed by atoms with E-state index >= 15 is 0 Å². The maximum atomic E-state index is 10.9. The van der Waals surface area contributed by atoms with Gasteiger partial charge in [0.25, 0.3) is 0 Å². The van der Waals surface area contributed by atoms with Crippen LogP contribution in [0.3, 0.4) is 0 Å². The highest BCUT2D eigenvalue weighted by Crippen LogP contribution is 2.38. The first kappa shape index (κ1) is 16.0. The largest absolute Gasteiger partial charge is 0.387 e. The average molecular weight is 343 g/mol. The first-order valence-corrected chi connectivity index (χ1v) is 8.16. The fourth-order valence-corrected chi connectivity index (χ4v) is 2.70. The van der Waals surface area contributed by atoms with E-state index in [0.29, 0.717) is 16.9 Å². The van der Waals surface area contributed by atoms with E-state index in [1.807, 2.05) is 0 Å². The van der Waals surface area contributed by atoms with Crippen molar-refractivity contribution in [3.63, 3.8) is 0 Å². The number of hydrogen-bond donors (Lipinski definition) is 5. The first-order valence-electron chi connectivity index (χ1n) is 6.48. The lowest BCUT2D eigenvalue weighted by Gasteiger charge is -2.15. The number of rotatable bonds is 3. The molecule has 4 atom stereocenters. The fourth-order valence-electron chi connectivity index (χ4n) is 2.31. The van der Waals surface area contributed by atoms with Gasteiger partial charge in [0.1, 0.15) is 30.5 Å². The van der Waals surface area contributed by atoms with E-state index in [-0.39, 0.29) is 5.82 Å². The van der Waals surface area contributed by atoms with Crippen molar-refractivity contribution in [2.75, 3.05) is 5.73 Å². The van der Waals surface area contributed by atoms with Gasteiger partial charge < -0.3 is 30.5 Å². The summed E-state index contributed by atoms with van der Waals surface area (Å²) in [6.45, 7) is 0. The van der Waals surface area contributed by atoms with Gasteiger partial charge in [-0.2, -0.15) is 5.10 Å². The van der Waals surface area contributed by atoms with Gasteiger partial charge in [-0.05, 0) is 6.08 Å². The molecule has 12 heteroatoms. The summed E-state index contributed by atoms with van der Waals surface area (Å²) in [6, 6.07) is 0. The molecule has 23 heavy (non-hydrogen) atoms. The third-order valence-electron chi connectivity index (χ3n) is 3.41. The zero-order valence-corrected chi connectivity index (χ0v) is 12.4. The number of nitrogens with zero attached hydrogens (tertiary/aromatic N) is 4. The highest BCUT2D eigenvalue weighted by molar-refractivity contribution is 7.55. The number of ether oxygens (including phenoxy) is 1. The molecule has 1 aliphatic rings. The average Bonchev–Trinajstić information content (AvgIpc) is 3.01. The Kier molecular flexibility index (Phi) is 3.92. The summed E-state index contributed by atoms with van der Waals surface area (Å²) < 4.78 is 17.5. The summed E-state index contributed by atoms with van der Waals surface area (Å²) in [5.74, 6) is 0.810. The van der Waals surface area contributed by atoms with Crippen LogP contribution in [0.15, 0.2) is 24.4 Å². The molecule has 1 saturated heterocycles. The standard InChI is InChI=1S/C11H14N5O6P/c12-9-5-3-15-16(10(5)14-4-13-9)11-8(18)7(17)6(22-11)1-2-23(19,20)21/h1-4,6-8,11,17-18H,(H2,12,13,14)(H2,19,20,21)/t6-,7-,8-,11-/m1/s1. The molecule has 0 radical (unpaired) electrons. The van der Waals surface area contributed by atoms with Gasteiger partial charge in [-0.1, -0.05) is 0 Å². The lowest BCUT2D eigenvalue weighted by Crippen LogP contribution is -2.31. The second kappa shape index (κ2) is 5.64. The molecule has 2 aromatic heterocycles. The second-order valence-electron chi connectivity index (χ2n) is 4.99.